The zero-order chi connectivity index (χ0) is 23.8. The number of nitrogens with one attached hydrogen (secondary N) is 1. The maximum Gasteiger partial charge on any atom is 0.264 e. The molecular formula is C25H27BrN2O3S2. The molecule has 0 unspecified atom stereocenters. The van der Waals surface area contributed by atoms with Crippen LogP contribution in [0.1, 0.15) is 16.7 Å². The summed E-state index contributed by atoms with van der Waals surface area (Å²) in [5.74, 6) is 1.27. The number of hydrogen-bond acceptors (Lipinski definition) is 4. The summed E-state index contributed by atoms with van der Waals surface area (Å²) < 4.78 is 28.7. The molecule has 0 aliphatic carbocycles. The second kappa shape index (κ2) is 11.7. The topological polar surface area (TPSA) is 66.5 Å². The van der Waals surface area contributed by atoms with Crippen LogP contribution in [0.15, 0.2) is 82.2 Å². The van der Waals surface area contributed by atoms with Gasteiger partial charge in [0.2, 0.25) is 5.91 Å². The fourth-order valence-corrected chi connectivity index (χ4v) is 5.78. The number of sulfonamides is 1. The number of hydrogen-bond donors (Lipinski definition) is 1. The standard InChI is InChI=1S/C25H27BrN2O3S2/c1-19-7-13-24(14-8-19)33(30,31)28(23-11-9-22(26)10-12-23)17-25(29)27-15-16-32-18-21-6-4-3-5-20(21)2/h3-14H,15-18H2,1-2H3,(H,27,29). The first-order valence-corrected chi connectivity index (χ1v) is 13.9. The summed E-state index contributed by atoms with van der Waals surface area (Å²) in [6.07, 6.45) is 0. The van der Waals surface area contributed by atoms with Crippen molar-refractivity contribution in [3.8, 4) is 0 Å². The van der Waals surface area contributed by atoms with Crippen molar-refractivity contribution in [1.82, 2.24) is 5.32 Å². The van der Waals surface area contributed by atoms with Crippen molar-refractivity contribution in [2.24, 2.45) is 0 Å². The molecule has 1 amide bonds. The minimum Gasteiger partial charge on any atom is -0.354 e. The third-order valence-corrected chi connectivity index (χ3v) is 8.42. The molecule has 8 heteroatoms. The first-order chi connectivity index (χ1) is 15.8. The highest BCUT2D eigenvalue weighted by molar-refractivity contribution is 9.10. The summed E-state index contributed by atoms with van der Waals surface area (Å²) >= 11 is 5.10. The van der Waals surface area contributed by atoms with E-state index in [9.17, 15) is 13.2 Å². The van der Waals surface area contributed by atoms with Crippen molar-refractivity contribution in [1.29, 1.82) is 0 Å². The number of benzene rings is 3. The smallest absolute Gasteiger partial charge is 0.264 e. The Kier molecular flexibility index (Phi) is 9.00. The average molecular weight is 548 g/mol. The van der Waals surface area contributed by atoms with Crippen LogP contribution < -0.4 is 9.62 Å². The van der Waals surface area contributed by atoms with Gasteiger partial charge < -0.3 is 5.32 Å². The van der Waals surface area contributed by atoms with E-state index in [4.69, 9.17) is 0 Å². The molecule has 1 N–H and O–H groups in total. The van der Waals surface area contributed by atoms with Crippen molar-refractivity contribution in [3.63, 3.8) is 0 Å². The van der Waals surface area contributed by atoms with Gasteiger partial charge in [-0.3, -0.25) is 9.10 Å². The number of aryl methyl sites for hydroxylation is 2. The Morgan fingerprint density at radius 2 is 1.64 bits per heavy atom. The van der Waals surface area contributed by atoms with Crippen LogP contribution >= 0.6 is 27.7 Å². The van der Waals surface area contributed by atoms with E-state index in [1.807, 2.05) is 19.1 Å². The number of halogens is 1. The molecule has 0 bridgehead atoms. The Morgan fingerprint density at radius 1 is 0.970 bits per heavy atom. The number of rotatable bonds is 10. The van der Waals surface area contributed by atoms with Gasteiger partial charge in [0, 0.05) is 22.5 Å². The number of carbonyl (C=O) groups excluding carboxylic acids is 1. The lowest BCUT2D eigenvalue weighted by Gasteiger charge is -2.24. The lowest BCUT2D eigenvalue weighted by Crippen LogP contribution is -2.41. The maximum absolute atomic E-state index is 13.4. The van der Waals surface area contributed by atoms with Crippen molar-refractivity contribution >= 4 is 49.3 Å². The van der Waals surface area contributed by atoms with E-state index in [1.54, 1.807) is 60.3 Å². The van der Waals surface area contributed by atoms with Crippen molar-refractivity contribution in [2.75, 3.05) is 23.1 Å². The van der Waals surface area contributed by atoms with Crippen LogP contribution in [0.3, 0.4) is 0 Å². The molecule has 0 aliphatic rings. The summed E-state index contributed by atoms with van der Waals surface area (Å²) in [6.45, 7) is 4.16. The van der Waals surface area contributed by atoms with Gasteiger partial charge in [0.25, 0.3) is 10.0 Å². The van der Waals surface area contributed by atoms with Gasteiger partial charge in [-0.1, -0.05) is 57.9 Å². The van der Waals surface area contributed by atoms with Crippen LogP contribution in [0.4, 0.5) is 5.69 Å². The van der Waals surface area contributed by atoms with Crippen molar-refractivity contribution < 1.29 is 13.2 Å². The van der Waals surface area contributed by atoms with E-state index >= 15 is 0 Å². The van der Waals surface area contributed by atoms with E-state index in [1.165, 1.54) is 11.1 Å². The Labute approximate surface area is 208 Å². The summed E-state index contributed by atoms with van der Waals surface area (Å²) in [6, 6.07) is 21.7. The highest BCUT2D eigenvalue weighted by atomic mass is 79.9. The first-order valence-electron chi connectivity index (χ1n) is 10.5. The summed E-state index contributed by atoms with van der Waals surface area (Å²) in [5, 5.41) is 2.85. The lowest BCUT2D eigenvalue weighted by atomic mass is 10.1. The average Bonchev–Trinajstić information content (AvgIpc) is 2.79. The number of anilines is 1. The van der Waals surface area contributed by atoms with E-state index in [2.05, 4.69) is 40.3 Å². The molecule has 0 radical (unpaired) electrons. The van der Waals surface area contributed by atoms with Crippen molar-refractivity contribution in [2.45, 2.75) is 24.5 Å². The third kappa shape index (κ3) is 7.09. The van der Waals surface area contributed by atoms with Gasteiger partial charge in [0.15, 0.2) is 0 Å². The molecule has 174 valence electrons. The first kappa shape index (κ1) is 25.3. The van der Waals surface area contributed by atoms with E-state index < -0.39 is 10.0 Å². The minimum atomic E-state index is -3.90. The molecule has 0 aromatic heterocycles. The van der Waals surface area contributed by atoms with Crippen molar-refractivity contribution in [3.05, 3.63) is 94.0 Å². The predicted molar refractivity (Wildman–Crippen MR) is 140 cm³/mol. The molecule has 0 atom stereocenters. The molecule has 33 heavy (non-hydrogen) atoms. The molecule has 0 spiro atoms. The fourth-order valence-electron chi connectivity index (χ4n) is 3.16. The molecule has 0 aliphatic heterocycles. The van der Waals surface area contributed by atoms with Gasteiger partial charge in [0.05, 0.1) is 10.6 Å². The quantitative estimate of drug-likeness (QED) is 0.350. The Hall–Kier alpha value is -2.29. The highest BCUT2D eigenvalue weighted by Gasteiger charge is 2.27. The van der Waals surface area contributed by atoms with Crippen LogP contribution in [0.2, 0.25) is 0 Å². The van der Waals surface area contributed by atoms with Crippen LogP contribution in [-0.2, 0) is 20.6 Å². The molecule has 3 aromatic rings. The Bertz CT molecular complexity index is 1180. The molecule has 0 saturated carbocycles. The SMILES string of the molecule is Cc1ccc(S(=O)(=O)N(CC(=O)NCCSCc2ccccc2C)c2ccc(Br)cc2)cc1. The van der Waals surface area contributed by atoms with Gasteiger partial charge in [-0.25, -0.2) is 8.42 Å². The zero-order valence-electron chi connectivity index (χ0n) is 18.6. The molecular weight excluding hydrogens is 520 g/mol. The predicted octanol–water partition coefficient (Wildman–Crippen LogP) is 5.31. The molecule has 0 heterocycles. The Balaban J connectivity index is 1.64. The number of amides is 1. The largest absolute Gasteiger partial charge is 0.354 e. The van der Waals surface area contributed by atoms with Gasteiger partial charge in [-0.15, -0.1) is 0 Å². The second-order valence-electron chi connectivity index (χ2n) is 7.63. The molecule has 3 aromatic carbocycles. The van der Waals surface area contributed by atoms with Gasteiger partial charge >= 0.3 is 0 Å². The third-order valence-electron chi connectivity index (χ3n) is 5.10. The van der Waals surface area contributed by atoms with Crippen LogP contribution in [-0.4, -0.2) is 33.2 Å². The zero-order valence-corrected chi connectivity index (χ0v) is 21.8. The second-order valence-corrected chi connectivity index (χ2v) is 11.5. The van der Waals surface area contributed by atoms with Crippen LogP contribution in [0.25, 0.3) is 0 Å². The van der Waals surface area contributed by atoms with Gasteiger partial charge in [0.1, 0.15) is 6.54 Å². The van der Waals surface area contributed by atoms with E-state index in [0.717, 1.165) is 25.8 Å². The van der Waals surface area contributed by atoms with Gasteiger partial charge in [-0.05, 0) is 61.4 Å². The van der Waals surface area contributed by atoms with Crippen LogP contribution in [0.5, 0.6) is 0 Å². The fraction of sp³-hybridized carbons (Fsp3) is 0.240. The normalized spacial score (nSPS) is 11.2. The molecule has 0 fully saturated rings. The minimum absolute atomic E-state index is 0.151. The number of nitrogens with zero attached hydrogens (tertiary/aromatic N) is 1. The summed E-state index contributed by atoms with van der Waals surface area (Å²) in [4.78, 5) is 12.8. The number of carbonyl (C=O) groups is 1. The molecule has 0 saturated heterocycles. The molecule has 3 rings (SSSR count). The lowest BCUT2D eigenvalue weighted by molar-refractivity contribution is -0.119. The monoisotopic (exact) mass is 546 g/mol. The summed E-state index contributed by atoms with van der Waals surface area (Å²) in [5.41, 5.74) is 3.92. The van der Waals surface area contributed by atoms with Gasteiger partial charge in [-0.2, -0.15) is 11.8 Å². The Morgan fingerprint density at radius 3 is 2.30 bits per heavy atom. The summed E-state index contributed by atoms with van der Waals surface area (Å²) in [7, 11) is -3.90. The highest BCUT2D eigenvalue weighted by Crippen LogP contribution is 2.25. The van der Waals surface area contributed by atoms with E-state index in [-0.39, 0.29) is 17.3 Å². The number of thioether (sulfide) groups is 1. The maximum atomic E-state index is 13.4. The van der Waals surface area contributed by atoms with E-state index in [0.29, 0.717) is 12.2 Å². The van der Waals surface area contributed by atoms with Crippen LogP contribution in [0, 0.1) is 13.8 Å². The molecule has 5 nitrogen and oxygen atoms in total.